The summed E-state index contributed by atoms with van der Waals surface area (Å²) in [5.41, 5.74) is -0.00107. The van der Waals surface area contributed by atoms with Gasteiger partial charge in [0.25, 0.3) is 0 Å². The highest BCUT2D eigenvalue weighted by atomic mass is 16.4. The number of nitrogens with one attached hydrogen (secondary N) is 1. The molecule has 18 heavy (non-hydrogen) atoms. The lowest BCUT2D eigenvalue weighted by atomic mass is 10.00. The number of hydrogen-bond acceptors (Lipinski definition) is 4. The number of carboxylic acids is 1. The first kappa shape index (κ1) is 13.0. The van der Waals surface area contributed by atoms with Gasteiger partial charge in [0.2, 0.25) is 0 Å². The summed E-state index contributed by atoms with van der Waals surface area (Å²) in [6, 6.07) is 0.523. The van der Waals surface area contributed by atoms with Gasteiger partial charge in [0.1, 0.15) is 0 Å². The Kier molecular flexibility index (Phi) is 4.30. The number of carboxylic acid groups (broad SMARTS) is 1. The lowest BCUT2D eigenvalue weighted by Crippen LogP contribution is -2.34. The van der Waals surface area contributed by atoms with E-state index in [1.807, 2.05) is 0 Å². The van der Waals surface area contributed by atoms with Crippen LogP contribution in [0.15, 0.2) is 6.20 Å². The Bertz CT molecular complexity index is 399. The fourth-order valence-corrected chi connectivity index (χ4v) is 2.54. The van der Waals surface area contributed by atoms with E-state index in [4.69, 9.17) is 5.11 Å². The Hall–Kier alpha value is -1.43. The third-order valence-electron chi connectivity index (χ3n) is 3.67. The maximum atomic E-state index is 10.6. The standard InChI is InChI=1S/C12H20N4O2/c1-9(10-4-2-3-5-10)13-6-7-16-8-11(12(17)18)14-15-16/h8-10,13H,2-7H2,1H3,(H,17,18)/t9-/m1/s1. The second-order valence-corrected chi connectivity index (χ2v) is 4.96. The number of hydrogen-bond donors (Lipinski definition) is 2. The monoisotopic (exact) mass is 252 g/mol. The van der Waals surface area contributed by atoms with Gasteiger partial charge in [0.15, 0.2) is 5.69 Å². The lowest BCUT2D eigenvalue weighted by molar-refractivity contribution is 0.0690. The molecular formula is C12H20N4O2. The van der Waals surface area contributed by atoms with Crippen molar-refractivity contribution >= 4 is 5.97 Å². The zero-order chi connectivity index (χ0) is 13.0. The maximum absolute atomic E-state index is 10.6. The first-order chi connectivity index (χ1) is 8.66. The molecule has 0 amide bonds. The van der Waals surface area contributed by atoms with Gasteiger partial charge < -0.3 is 10.4 Å². The Balaban J connectivity index is 1.72. The van der Waals surface area contributed by atoms with Crippen molar-refractivity contribution in [1.82, 2.24) is 20.3 Å². The maximum Gasteiger partial charge on any atom is 0.358 e. The highest BCUT2D eigenvalue weighted by Crippen LogP contribution is 2.27. The Labute approximate surface area is 106 Å². The Morgan fingerprint density at radius 1 is 1.61 bits per heavy atom. The van der Waals surface area contributed by atoms with Crippen LogP contribution in [0.1, 0.15) is 43.1 Å². The summed E-state index contributed by atoms with van der Waals surface area (Å²) < 4.78 is 1.57. The molecule has 0 bridgehead atoms. The second kappa shape index (κ2) is 5.95. The fourth-order valence-electron chi connectivity index (χ4n) is 2.54. The van der Waals surface area contributed by atoms with E-state index in [2.05, 4.69) is 22.6 Å². The van der Waals surface area contributed by atoms with Crippen LogP contribution in [0.4, 0.5) is 0 Å². The van der Waals surface area contributed by atoms with Crippen LogP contribution in [0.5, 0.6) is 0 Å². The fraction of sp³-hybridized carbons (Fsp3) is 0.750. The summed E-state index contributed by atoms with van der Waals surface area (Å²) in [7, 11) is 0. The van der Waals surface area contributed by atoms with Gasteiger partial charge in [-0.2, -0.15) is 0 Å². The van der Waals surface area contributed by atoms with Gasteiger partial charge >= 0.3 is 5.97 Å². The average molecular weight is 252 g/mol. The first-order valence-electron chi connectivity index (χ1n) is 6.53. The van der Waals surface area contributed by atoms with Gasteiger partial charge in [-0.3, -0.25) is 4.68 Å². The van der Waals surface area contributed by atoms with Gasteiger partial charge in [0, 0.05) is 12.6 Å². The van der Waals surface area contributed by atoms with Crippen molar-refractivity contribution in [2.45, 2.75) is 45.2 Å². The van der Waals surface area contributed by atoms with Crippen molar-refractivity contribution in [3.05, 3.63) is 11.9 Å². The third kappa shape index (κ3) is 3.29. The zero-order valence-corrected chi connectivity index (χ0v) is 10.7. The summed E-state index contributed by atoms with van der Waals surface area (Å²) in [4.78, 5) is 10.6. The second-order valence-electron chi connectivity index (χ2n) is 4.96. The van der Waals surface area contributed by atoms with Gasteiger partial charge in [-0.15, -0.1) is 5.10 Å². The highest BCUT2D eigenvalue weighted by Gasteiger charge is 2.20. The van der Waals surface area contributed by atoms with Crippen LogP contribution < -0.4 is 5.32 Å². The van der Waals surface area contributed by atoms with Crippen LogP contribution in [-0.4, -0.2) is 38.7 Å². The minimum Gasteiger partial charge on any atom is -0.476 e. The molecule has 1 fully saturated rings. The van der Waals surface area contributed by atoms with E-state index < -0.39 is 5.97 Å². The molecule has 0 unspecified atom stereocenters. The molecular weight excluding hydrogens is 232 g/mol. The number of carbonyl (C=O) groups is 1. The van der Waals surface area contributed by atoms with Gasteiger partial charge in [0.05, 0.1) is 12.7 Å². The Morgan fingerprint density at radius 3 is 2.94 bits per heavy atom. The quantitative estimate of drug-likeness (QED) is 0.793. The minimum atomic E-state index is -1.03. The Morgan fingerprint density at radius 2 is 2.33 bits per heavy atom. The predicted octanol–water partition coefficient (Wildman–Crippen LogP) is 1.14. The van der Waals surface area contributed by atoms with Crippen molar-refractivity contribution in [3.8, 4) is 0 Å². The summed E-state index contributed by atoms with van der Waals surface area (Å²) >= 11 is 0. The van der Waals surface area contributed by atoms with E-state index in [-0.39, 0.29) is 5.69 Å². The molecule has 1 aromatic heterocycles. The van der Waals surface area contributed by atoms with E-state index in [0.717, 1.165) is 12.5 Å². The SMILES string of the molecule is C[C@@H](NCCn1cc(C(=O)O)nn1)C1CCCC1. The largest absolute Gasteiger partial charge is 0.476 e. The molecule has 0 saturated heterocycles. The predicted molar refractivity (Wildman–Crippen MR) is 66.4 cm³/mol. The number of nitrogens with zero attached hydrogens (tertiary/aromatic N) is 3. The van der Waals surface area contributed by atoms with E-state index in [1.54, 1.807) is 4.68 Å². The molecule has 0 aliphatic heterocycles. The lowest BCUT2D eigenvalue weighted by Gasteiger charge is -2.20. The molecule has 1 heterocycles. The van der Waals surface area contributed by atoms with Crippen molar-refractivity contribution in [2.75, 3.05) is 6.54 Å². The molecule has 2 N–H and O–H groups in total. The molecule has 1 aromatic rings. The normalized spacial score (nSPS) is 18.1. The third-order valence-corrected chi connectivity index (χ3v) is 3.67. The molecule has 0 radical (unpaired) electrons. The van der Waals surface area contributed by atoms with Crippen LogP contribution in [0.3, 0.4) is 0 Å². The van der Waals surface area contributed by atoms with Crippen LogP contribution in [0.25, 0.3) is 0 Å². The summed E-state index contributed by atoms with van der Waals surface area (Å²) in [6.07, 6.45) is 6.80. The number of aromatic nitrogens is 3. The molecule has 1 atom stereocenters. The topological polar surface area (TPSA) is 80.0 Å². The van der Waals surface area contributed by atoms with E-state index in [0.29, 0.717) is 12.6 Å². The van der Waals surface area contributed by atoms with Gasteiger partial charge in [-0.05, 0) is 25.7 Å². The highest BCUT2D eigenvalue weighted by molar-refractivity contribution is 5.84. The molecule has 6 nitrogen and oxygen atoms in total. The van der Waals surface area contributed by atoms with Gasteiger partial charge in [-0.1, -0.05) is 18.1 Å². The number of aromatic carboxylic acids is 1. The van der Waals surface area contributed by atoms with Crippen molar-refractivity contribution in [2.24, 2.45) is 5.92 Å². The molecule has 0 aromatic carbocycles. The smallest absolute Gasteiger partial charge is 0.358 e. The molecule has 1 aliphatic rings. The average Bonchev–Trinajstić information content (AvgIpc) is 3.00. The molecule has 2 rings (SSSR count). The van der Waals surface area contributed by atoms with Crippen molar-refractivity contribution in [1.29, 1.82) is 0 Å². The summed E-state index contributed by atoms with van der Waals surface area (Å²) in [5.74, 6) is -0.246. The molecule has 6 heteroatoms. The molecule has 0 spiro atoms. The van der Waals surface area contributed by atoms with E-state index >= 15 is 0 Å². The van der Waals surface area contributed by atoms with Crippen LogP contribution in [0, 0.1) is 5.92 Å². The van der Waals surface area contributed by atoms with Crippen molar-refractivity contribution in [3.63, 3.8) is 0 Å². The molecule has 100 valence electrons. The first-order valence-corrected chi connectivity index (χ1v) is 6.53. The van der Waals surface area contributed by atoms with E-state index in [1.165, 1.54) is 31.9 Å². The number of rotatable bonds is 6. The van der Waals surface area contributed by atoms with Crippen molar-refractivity contribution < 1.29 is 9.90 Å². The van der Waals surface area contributed by atoms with Crippen LogP contribution in [0.2, 0.25) is 0 Å². The molecule has 1 saturated carbocycles. The molecule has 1 aliphatic carbocycles. The minimum absolute atomic E-state index is 0.00107. The van der Waals surface area contributed by atoms with E-state index in [9.17, 15) is 4.79 Å². The zero-order valence-electron chi connectivity index (χ0n) is 10.7. The van der Waals surface area contributed by atoms with Gasteiger partial charge in [-0.25, -0.2) is 4.79 Å². The van der Waals surface area contributed by atoms with Crippen LogP contribution in [-0.2, 0) is 6.54 Å². The van der Waals surface area contributed by atoms with Crippen LogP contribution >= 0.6 is 0 Å². The summed E-state index contributed by atoms with van der Waals surface area (Å²) in [6.45, 7) is 3.66. The summed E-state index contributed by atoms with van der Waals surface area (Å²) in [5, 5.41) is 19.6.